The third-order valence-electron chi connectivity index (χ3n) is 4.14. The smallest absolute Gasteiger partial charge is 0.0727 e. The highest BCUT2D eigenvalue weighted by Gasteiger charge is 2.27. The Morgan fingerprint density at radius 3 is 3.00 bits per heavy atom. The molecule has 1 aliphatic rings. The van der Waals surface area contributed by atoms with E-state index in [4.69, 9.17) is 5.73 Å². The Hall–Kier alpha value is -1.42. The maximum Gasteiger partial charge on any atom is 0.0727 e. The van der Waals surface area contributed by atoms with E-state index in [1.165, 1.54) is 30.7 Å². The van der Waals surface area contributed by atoms with Gasteiger partial charge in [-0.05, 0) is 49.8 Å². The maximum atomic E-state index is 5.95. The van der Waals surface area contributed by atoms with Gasteiger partial charge >= 0.3 is 0 Å². The summed E-state index contributed by atoms with van der Waals surface area (Å²) in [7, 11) is 0. The van der Waals surface area contributed by atoms with Gasteiger partial charge in [-0.25, -0.2) is 0 Å². The zero-order chi connectivity index (χ0) is 14.8. The van der Waals surface area contributed by atoms with Gasteiger partial charge in [0, 0.05) is 33.7 Å². The van der Waals surface area contributed by atoms with Crippen LogP contribution in [0.1, 0.15) is 31.9 Å². The summed E-state index contributed by atoms with van der Waals surface area (Å²) in [6.45, 7) is 4.29. The predicted molar refractivity (Wildman–Crippen MR) is 94.1 cm³/mol. The number of aryl methyl sites for hydroxylation is 1. The van der Waals surface area contributed by atoms with Crippen LogP contribution >= 0.6 is 11.8 Å². The fraction of sp³-hybridized carbons (Fsp3) is 0.471. The summed E-state index contributed by atoms with van der Waals surface area (Å²) in [5.41, 5.74) is 9.99. The molecule has 21 heavy (non-hydrogen) atoms. The quantitative estimate of drug-likeness (QED) is 0.831. The van der Waals surface area contributed by atoms with Gasteiger partial charge in [0.1, 0.15) is 0 Å². The third-order valence-corrected chi connectivity index (χ3v) is 5.46. The van der Waals surface area contributed by atoms with E-state index in [9.17, 15) is 0 Å². The molecule has 3 N–H and O–H groups in total. The van der Waals surface area contributed by atoms with Crippen LogP contribution in [-0.2, 0) is 0 Å². The van der Waals surface area contributed by atoms with Crippen molar-refractivity contribution >= 4 is 34.0 Å². The van der Waals surface area contributed by atoms with E-state index in [-0.39, 0.29) is 0 Å². The highest BCUT2D eigenvalue weighted by atomic mass is 32.2. The summed E-state index contributed by atoms with van der Waals surface area (Å²) >= 11 is 2.08. The number of nitrogens with one attached hydrogen (secondary N) is 1. The SMILES string of the molecule is CCSC1CCCC1Nc1cc(C)nc2ccc(N)cc12. The molecule has 1 saturated carbocycles. The van der Waals surface area contributed by atoms with Crippen molar-refractivity contribution in [2.75, 3.05) is 16.8 Å². The molecule has 0 bridgehead atoms. The minimum Gasteiger partial charge on any atom is -0.399 e. The lowest BCUT2D eigenvalue weighted by molar-refractivity contribution is 0.768. The van der Waals surface area contributed by atoms with Gasteiger partial charge in [-0.3, -0.25) is 4.98 Å². The van der Waals surface area contributed by atoms with Gasteiger partial charge in [0.15, 0.2) is 0 Å². The number of aromatic nitrogens is 1. The van der Waals surface area contributed by atoms with Crippen LogP contribution in [-0.4, -0.2) is 22.0 Å². The second-order valence-electron chi connectivity index (χ2n) is 5.76. The third kappa shape index (κ3) is 3.10. The summed E-state index contributed by atoms with van der Waals surface area (Å²) in [6.07, 6.45) is 3.89. The van der Waals surface area contributed by atoms with Crippen molar-refractivity contribution < 1.29 is 0 Å². The zero-order valence-electron chi connectivity index (χ0n) is 12.7. The Bertz CT molecular complexity index is 641. The van der Waals surface area contributed by atoms with Crippen molar-refractivity contribution in [3.63, 3.8) is 0 Å². The van der Waals surface area contributed by atoms with Gasteiger partial charge in [0.25, 0.3) is 0 Å². The molecule has 1 heterocycles. The van der Waals surface area contributed by atoms with E-state index in [0.717, 1.165) is 27.5 Å². The maximum absolute atomic E-state index is 5.95. The second-order valence-corrected chi connectivity index (χ2v) is 7.28. The number of benzene rings is 1. The van der Waals surface area contributed by atoms with Gasteiger partial charge in [-0.2, -0.15) is 11.8 Å². The number of pyridine rings is 1. The summed E-state index contributed by atoms with van der Waals surface area (Å²) in [4.78, 5) is 4.61. The van der Waals surface area contributed by atoms with Crippen LogP contribution in [0.25, 0.3) is 10.9 Å². The molecule has 0 amide bonds. The van der Waals surface area contributed by atoms with Crippen LogP contribution in [0.2, 0.25) is 0 Å². The first-order valence-corrected chi connectivity index (χ1v) is 8.77. The molecule has 4 heteroatoms. The van der Waals surface area contributed by atoms with E-state index in [1.54, 1.807) is 0 Å². The molecule has 1 aromatic heterocycles. The average Bonchev–Trinajstić information content (AvgIpc) is 2.87. The Balaban J connectivity index is 1.94. The van der Waals surface area contributed by atoms with Crippen molar-refractivity contribution in [3.8, 4) is 0 Å². The van der Waals surface area contributed by atoms with Crippen LogP contribution in [0.15, 0.2) is 24.3 Å². The van der Waals surface area contributed by atoms with Crippen molar-refractivity contribution in [1.29, 1.82) is 0 Å². The van der Waals surface area contributed by atoms with E-state index >= 15 is 0 Å². The molecule has 2 unspecified atom stereocenters. The van der Waals surface area contributed by atoms with E-state index in [1.807, 2.05) is 25.1 Å². The molecule has 1 fully saturated rings. The van der Waals surface area contributed by atoms with Crippen molar-refractivity contribution in [2.45, 2.75) is 44.4 Å². The minimum absolute atomic E-state index is 0.557. The Morgan fingerprint density at radius 1 is 1.33 bits per heavy atom. The lowest BCUT2D eigenvalue weighted by Crippen LogP contribution is -2.26. The van der Waals surface area contributed by atoms with Crippen molar-refractivity contribution in [3.05, 3.63) is 30.0 Å². The average molecular weight is 301 g/mol. The van der Waals surface area contributed by atoms with Gasteiger partial charge in [-0.15, -0.1) is 0 Å². The lowest BCUT2D eigenvalue weighted by Gasteiger charge is -2.22. The largest absolute Gasteiger partial charge is 0.399 e. The molecule has 0 saturated heterocycles. The molecular formula is C17H23N3S. The van der Waals surface area contributed by atoms with Crippen LogP contribution in [0.5, 0.6) is 0 Å². The molecule has 3 rings (SSSR count). The number of nitrogen functional groups attached to an aromatic ring is 1. The number of thioether (sulfide) groups is 1. The molecule has 3 nitrogen and oxygen atoms in total. The van der Waals surface area contributed by atoms with Gasteiger partial charge in [0.2, 0.25) is 0 Å². The first-order chi connectivity index (χ1) is 10.2. The highest BCUT2D eigenvalue weighted by Crippen LogP contribution is 2.34. The minimum atomic E-state index is 0.557. The molecule has 1 aromatic carbocycles. The van der Waals surface area contributed by atoms with E-state index < -0.39 is 0 Å². The van der Waals surface area contributed by atoms with Crippen LogP contribution in [0, 0.1) is 6.92 Å². The van der Waals surface area contributed by atoms with Crippen molar-refractivity contribution in [1.82, 2.24) is 4.98 Å². The molecule has 0 aliphatic heterocycles. The Morgan fingerprint density at radius 2 is 2.19 bits per heavy atom. The Labute approximate surface area is 130 Å². The summed E-state index contributed by atoms with van der Waals surface area (Å²) in [5, 5.41) is 5.62. The topological polar surface area (TPSA) is 50.9 Å². The van der Waals surface area contributed by atoms with E-state index in [0.29, 0.717) is 6.04 Å². The standard InChI is InChI=1S/C17H23N3S/c1-3-21-17-6-4-5-15(17)20-16-9-11(2)19-14-8-7-12(18)10-13(14)16/h7-10,15,17H,3-6,18H2,1-2H3,(H,19,20). The number of nitrogens with two attached hydrogens (primary N) is 1. The second kappa shape index (κ2) is 6.14. The number of nitrogens with zero attached hydrogens (tertiary/aromatic N) is 1. The first-order valence-electron chi connectivity index (χ1n) is 7.72. The molecular weight excluding hydrogens is 278 g/mol. The molecule has 112 valence electrons. The summed E-state index contributed by atoms with van der Waals surface area (Å²) in [6, 6.07) is 8.66. The summed E-state index contributed by atoms with van der Waals surface area (Å²) in [5.74, 6) is 1.19. The summed E-state index contributed by atoms with van der Waals surface area (Å²) < 4.78 is 0. The fourth-order valence-electron chi connectivity index (χ4n) is 3.20. The monoisotopic (exact) mass is 301 g/mol. The molecule has 2 atom stereocenters. The first kappa shape index (κ1) is 14.5. The molecule has 0 spiro atoms. The van der Waals surface area contributed by atoms with Crippen LogP contribution < -0.4 is 11.1 Å². The number of anilines is 2. The number of hydrogen-bond acceptors (Lipinski definition) is 4. The zero-order valence-corrected chi connectivity index (χ0v) is 13.5. The fourth-order valence-corrected chi connectivity index (χ4v) is 4.40. The Kier molecular flexibility index (Phi) is 4.24. The number of fused-ring (bicyclic) bond motifs is 1. The molecule has 1 aliphatic carbocycles. The number of rotatable bonds is 4. The predicted octanol–water partition coefficient (Wildman–Crippen LogP) is 4.21. The normalized spacial score (nSPS) is 21.8. The van der Waals surface area contributed by atoms with Gasteiger partial charge < -0.3 is 11.1 Å². The lowest BCUT2D eigenvalue weighted by atomic mass is 10.1. The molecule has 2 aromatic rings. The number of hydrogen-bond donors (Lipinski definition) is 2. The van der Waals surface area contributed by atoms with Crippen LogP contribution in [0.3, 0.4) is 0 Å². The van der Waals surface area contributed by atoms with Gasteiger partial charge in [0.05, 0.1) is 5.52 Å². The van der Waals surface area contributed by atoms with Crippen LogP contribution in [0.4, 0.5) is 11.4 Å². The molecule has 0 radical (unpaired) electrons. The van der Waals surface area contributed by atoms with Gasteiger partial charge in [-0.1, -0.05) is 13.3 Å². The van der Waals surface area contributed by atoms with E-state index in [2.05, 4.69) is 35.1 Å². The van der Waals surface area contributed by atoms with Crippen molar-refractivity contribution in [2.24, 2.45) is 0 Å². The highest BCUT2D eigenvalue weighted by molar-refractivity contribution is 7.99.